The van der Waals surface area contributed by atoms with E-state index in [0.717, 1.165) is 27.7 Å². The van der Waals surface area contributed by atoms with Crippen LogP contribution < -0.4 is 4.74 Å². The maximum atomic E-state index is 5.89. The van der Waals surface area contributed by atoms with Gasteiger partial charge in [0.05, 0.1) is 7.11 Å². The summed E-state index contributed by atoms with van der Waals surface area (Å²) in [5.74, 6) is 0.866. The van der Waals surface area contributed by atoms with Gasteiger partial charge in [0.15, 0.2) is 0 Å². The van der Waals surface area contributed by atoms with Crippen LogP contribution in [0.15, 0.2) is 59.0 Å². The first-order valence-corrected chi connectivity index (χ1v) is 6.25. The first-order valence-electron chi connectivity index (χ1n) is 6.25. The van der Waals surface area contributed by atoms with Crippen molar-refractivity contribution in [1.82, 2.24) is 0 Å². The molecule has 3 aromatic carbocycles. The Balaban J connectivity index is 2.27. The molecule has 0 atom stereocenters. The zero-order chi connectivity index (χ0) is 12.8. The number of furan rings is 1. The minimum atomic E-state index is 0.866. The normalized spacial score (nSPS) is 11.4. The van der Waals surface area contributed by atoms with Crippen molar-refractivity contribution in [3.8, 4) is 5.75 Å². The number of methoxy groups -OCH3 is 1. The van der Waals surface area contributed by atoms with Crippen LogP contribution in [-0.4, -0.2) is 7.11 Å². The highest BCUT2D eigenvalue weighted by Gasteiger charge is 2.10. The van der Waals surface area contributed by atoms with Gasteiger partial charge < -0.3 is 9.15 Å². The highest BCUT2D eigenvalue weighted by molar-refractivity contribution is 6.18. The molecule has 0 saturated heterocycles. The van der Waals surface area contributed by atoms with E-state index in [-0.39, 0.29) is 0 Å². The van der Waals surface area contributed by atoms with Crippen LogP contribution in [0.4, 0.5) is 0 Å². The zero-order valence-electron chi connectivity index (χ0n) is 10.5. The molecule has 2 heteroatoms. The van der Waals surface area contributed by atoms with Crippen molar-refractivity contribution in [2.75, 3.05) is 7.11 Å². The number of hydrogen-bond acceptors (Lipinski definition) is 2. The van der Waals surface area contributed by atoms with Crippen molar-refractivity contribution in [2.24, 2.45) is 0 Å². The average Bonchev–Trinajstić information content (AvgIpc) is 2.85. The summed E-state index contributed by atoms with van der Waals surface area (Å²) in [6, 6.07) is 18.4. The topological polar surface area (TPSA) is 22.4 Å². The van der Waals surface area contributed by atoms with Crippen LogP contribution in [0.25, 0.3) is 32.7 Å². The van der Waals surface area contributed by atoms with Gasteiger partial charge in [-0.1, -0.05) is 30.3 Å². The lowest BCUT2D eigenvalue weighted by Gasteiger charge is -2.03. The van der Waals surface area contributed by atoms with E-state index in [2.05, 4.69) is 24.3 Å². The number of fused-ring (bicyclic) bond motifs is 5. The Morgan fingerprint density at radius 3 is 2.58 bits per heavy atom. The predicted molar refractivity (Wildman–Crippen MR) is 77.8 cm³/mol. The molecule has 4 rings (SSSR count). The number of benzene rings is 3. The molecule has 0 aliphatic heterocycles. The number of ether oxygens (including phenoxy) is 1. The molecule has 0 amide bonds. The van der Waals surface area contributed by atoms with Crippen LogP contribution in [0, 0.1) is 0 Å². The molecule has 0 unspecified atom stereocenters. The molecular weight excluding hydrogens is 236 g/mol. The highest BCUT2D eigenvalue weighted by atomic mass is 16.5. The van der Waals surface area contributed by atoms with E-state index in [4.69, 9.17) is 9.15 Å². The van der Waals surface area contributed by atoms with Gasteiger partial charge in [0.25, 0.3) is 0 Å². The highest BCUT2D eigenvalue weighted by Crippen LogP contribution is 2.35. The molecular formula is C17H12O2. The summed E-state index contributed by atoms with van der Waals surface area (Å²) in [6.45, 7) is 0. The molecule has 2 nitrogen and oxygen atoms in total. The molecule has 0 radical (unpaired) electrons. The van der Waals surface area contributed by atoms with Crippen molar-refractivity contribution < 1.29 is 9.15 Å². The number of hydrogen-bond donors (Lipinski definition) is 0. The standard InChI is InChI=1S/C17H12O2/c1-18-12-8-6-11-7-9-16-17(14(11)10-12)13-4-2-3-5-15(13)19-16/h2-10H,1H3. The molecule has 1 heterocycles. The minimum Gasteiger partial charge on any atom is -0.497 e. The summed E-state index contributed by atoms with van der Waals surface area (Å²) in [6.07, 6.45) is 0. The number of rotatable bonds is 1. The third-order valence-electron chi connectivity index (χ3n) is 3.57. The van der Waals surface area contributed by atoms with Crippen molar-refractivity contribution >= 4 is 32.7 Å². The summed E-state index contributed by atoms with van der Waals surface area (Å²) in [4.78, 5) is 0. The Bertz CT molecular complexity index is 903. The van der Waals surface area contributed by atoms with Gasteiger partial charge in [-0.2, -0.15) is 0 Å². The lowest BCUT2D eigenvalue weighted by Crippen LogP contribution is -1.82. The molecule has 0 N–H and O–H groups in total. The van der Waals surface area contributed by atoms with Crippen molar-refractivity contribution in [1.29, 1.82) is 0 Å². The fourth-order valence-corrected chi connectivity index (χ4v) is 2.65. The van der Waals surface area contributed by atoms with E-state index < -0.39 is 0 Å². The van der Waals surface area contributed by atoms with E-state index in [1.165, 1.54) is 10.8 Å². The summed E-state index contributed by atoms with van der Waals surface area (Å²) in [5, 5.41) is 4.67. The van der Waals surface area contributed by atoms with Gasteiger partial charge >= 0.3 is 0 Å². The van der Waals surface area contributed by atoms with E-state index >= 15 is 0 Å². The molecule has 0 bridgehead atoms. The van der Waals surface area contributed by atoms with Crippen LogP contribution >= 0.6 is 0 Å². The van der Waals surface area contributed by atoms with Gasteiger partial charge in [-0.25, -0.2) is 0 Å². The van der Waals surface area contributed by atoms with Crippen LogP contribution in [0.1, 0.15) is 0 Å². The van der Waals surface area contributed by atoms with E-state index in [9.17, 15) is 0 Å². The molecule has 0 spiro atoms. The van der Waals surface area contributed by atoms with Crippen LogP contribution in [0.5, 0.6) is 5.75 Å². The zero-order valence-corrected chi connectivity index (χ0v) is 10.5. The molecule has 1 aromatic heterocycles. The first-order chi connectivity index (χ1) is 9.36. The summed E-state index contributed by atoms with van der Waals surface area (Å²) in [5.41, 5.74) is 1.84. The Morgan fingerprint density at radius 2 is 1.68 bits per heavy atom. The summed E-state index contributed by atoms with van der Waals surface area (Å²) < 4.78 is 11.2. The largest absolute Gasteiger partial charge is 0.497 e. The third kappa shape index (κ3) is 1.43. The van der Waals surface area contributed by atoms with Crippen LogP contribution in [0.3, 0.4) is 0 Å². The Labute approximate surface area is 110 Å². The van der Waals surface area contributed by atoms with Gasteiger partial charge in [-0.05, 0) is 35.0 Å². The lowest BCUT2D eigenvalue weighted by atomic mass is 10.0. The molecule has 4 aromatic rings. The molecule has 19 heavy (non-hydrogen) atoms. The number of para-hydroxylation sites is 1. The van der Waals surface area contributed by atoms with Gasteiger partial charge in [0.1, 0.15) is 16.9 Å². The molecule has 0 fully saturated rings. The Hall–Kier alpha value is -2.48. The van der Waals surface area contributed by atoms with Crippen LogP contribution in [-0.2, 0) is 0 Å². The first kappa shape index (κ1) is 10.4. The van der Waals surface area contributed by atoms with E-state index in [1.54, 1.807) is 7.11 Å². The maximum absolute atomic E-state index is 5.89. The van der Waals surface area contributed by atoms with Gasteiger partial charge in [0.2, 0.25) is 0 Å². The fourth-order valence-electron chi connectivity index (χ4n) is 2.65. The van der Waals surface area contributed by atoms with Crippen molar-refractivity contribution in [3.05, 3.63) is 54.6 Å². The second-order valence-electron chi connectivity index (χ2n) is 4.62. The monoisotopic (exact) mass is 248 g/mol. The van der Waals surface area contributed by atoms with E-state index in [1.807, 2.05) is 30.3 Å². The molecule has 0 aliphatic rings. The Morgan fingerprint density at radius 1 is 0.842 bits per heavy atom. The lowest BCUT2D eigenvalue weighted by molar-refractivity contribution is 0.415. The fraction of sp³-hybridized carbons (Fsp3) is 0.0588. The SMILES string of the molecule is COc1ccc2ccc3oc4ccccc4c3c2c1. The molecule has 0 aliphatic carbocycles. The maximum Gasteiger partial charge on any atom is 0.136 e. The molecule has 0 saturated carbocycles. The molecule has 92 valence electrons. The minimum absolute atomic E-state index is 0.866. The van der Waals surface area contributed by atoms with E-state index in [0.29, 0.717) is 0 Å². The average molecular weight is 248 g/mol. The van der Waals surface area contributed by atoms with Gasteiger partial charge in [0, 0.05) is 10.8 Å². The van der Waals surface area contributed by atoms with Crippen LogP contribution in [0.2, 0.25) is 0 Å². The van der Waals surface area contributed by atoms with Crippen molar-refractivity contribution in [2.45, 2.75) is 0 Å². The van der Waals surface area contributed by atoms with Gasteiger partial charge in [-0.15, -0.1) is 0 Å². The third-order valence-corrected chi connectivity index (χ3v) is 3.57. The second kappa shape index (κ2) is 3.75. The Kier molecular flexibility index (Phi) is 2.06. The smallest absolute Gasteiger partial charge is 0.136 e. The predicted octanol–water partition coefficient (Wildman–Crippen LogP) is 4.75. The van der Waals surface area contributed by atoms with Crippen molar-refractivity contribution in [3.63, 3.8) is 0 Å². The summed E-state index contributed by atoms with van der Waals surface area (Å²) >= 11 is 0. The quantitative estimate of drug-likeness (QED) is 0.485. The second-order valence-corrected chi connectivity index (χ2v) is 4.62. The summed E-state index contributed by atoms with van der Waals surface area (Å²) in [7, 11) is 1.69. The van der Waals surface area contributed by atoms with Gasteiger partial charge in [-0.3, -0.25) is 0 Å².